The Morgan fingerprint density at radius 3 is 2.39 bits per heavy atom. The van der Waals surface area contributed by atoms with E-state index in [0.717, 1.165) is 23.3 Å². The highest BCUT2D eigenvalue weighted by atomic mass is 19.4. The Morgan fingerprint density at radius 2 is 1.74 bits per heavy atom. The zero-order valence-electron chi connectivity index (χ0n) is 12.7. The van der Waals surface area contributed by atoms with Gasteiger partial charge in [0, 0.05) is 5.69 Å². The Labute approximate surface area is 132 Å². The average molecular weight is 323 g/mol. The lowest BCUT2D eigenvalue weighted by atomic mass is 10.0. The number of methoxy groups -OCH3 is 2. The number of hydrogen-bond donors (Lipinski definition) is 1. The van der Waals surface area contributed by atoms with Gasteiger partial charge in [-0.1, -0.05) is 12.1 Å². The third kappa shape index (κ3) is 2.93. The summed E-state index contributed by atoms with van der Waals surface area (Å²) in [6, 6.07) is 9.25. The van der Waals surface area contributed by atoms with E-state index in [0.29, 0.717) is 23.6 Å². The second-order valence-corrected chi connectivity index (χ2v) is 5.39. The normalized spacial score (nSPS) is 16.7. The van der Waals surface area contributed by atoms with Gasteiger partial charge in [-0.2, -0.15) is 13.2 Å². The molecule has 0 fully saturated rings. The van der Waals surface area contributed by atoms with Crippen LogP contribution in [0, 0.1) is 0 Å². The van der Waals surface area contributed by atoms with Gasteiger partial charge in [-0.15, -0.1) is 0 Å². The Hall–Kier alpha value is -2.37. The summed E-state index contributed by atoms with van der Waals surface area (Å²) in [5.41, 5.74) is 1.70. The maximum absolute atomic E-state index is 12.8. The highest BCUT2D eigenvalue weighted by molar-refractivity contribution is 5.60. The Morgan fingerprint density at radius 1 is 1.00 bits per heavy atom. The number of benzene rings is 2. The van der Waals surface area contributed by atoms with Gasteiger partial charge in [-0.05, 0) is 41.8 Å². The quantitative estimate of drug-likeness (QED) is 0.906. The van der Waals surface area contributed by atoms with Crippen molar-refractivity contribution < 1.29 is 22.6 Å². The molecule has 1 aliphatic heterocycles. The van der Waals surface area contributed by atoms with Crippen LogP contribution in [0.5, 0.6) is 11.5 Å². The summed E-state index contributed by atoms with van der Waals surface area (Å²) in [4.78, 5) is 0. The molecular formula is C17H16F3NO2. The van der Waals surface area contributed by atoms with E-state index in [1.807, 2.05) is 12.1 Å². The lowest BCUT2D eigenvalue weighted by Gasteiger charge is -2.15. The molecule has 6 heteroatoms. The first kappa shape index (κ1) is 15.5. The van der Waals surface area contributed by atoms with Crippen LogP contribution in [0.2, 0.25) is 0 Å². The van der Waals surface area contributed by atoms with Crippen molar-refractivity contribution in [1.82, 2.24) is 0 Å². The first-order valence-corrected chi connectivity index (χ1v) is 7.11. The number of rotatable bonds is 3. The predicted octanol–water partition coefficient (Wildman–Crippen LogP) is 4.43. The molecule has 1 heterocycles. The monoisotopic (exact) mass is 323 g/mol. The second-order valence-electron chi connectivity index (χ2n) is 5.39. The number of fused-ring (bicyclic) bond motifs is 1. The minimum absolute atomic E-state index is 0.0895. The van der Waals surface area contributed by atoms with Crippen LogP contribution in [0.15, 0.2) is 36.4 Å². The van der Waals surface area contributed by atoms with Gasteiger partial charge in [0.2, 0.25) is 0 Å². The standard InChI is InChI=1S/C17H16F3NO2/c1-22-15-6-4-11(8-16(15)23-2)13-7-10-3-5-12(17(18,19)20)9-14(10)21-13/h3-6,8-9,13,21H,7H2,1-2H3. The molecule has 122 valence electrons. The van der Waals surface area contributed by atoms with E-state index in [4.69, 9.17) is 9.47 Å². The molecule has 2 aromatic carbocycles. The van der Waals surface area contributed by atoms with Gasteiger partial charge in [-0.25, -0.2) is 0 Å². The maximum atomic E-state index is 12.8. The van der Waals surface area contributed by atoms with Crippen molar-refractivity contribution in [2.45, 2.75) is 18.6 Å². The van der Waals surface area contributed by atoms with Gasteiger partial charge in [0.25, 0.3) is 0 Å². The SMILES string of the molecule is COc1ccc(C2Cc3ccc(C(F)(F)F)cc3N2)cc1OC. The van der Waals surface area contributed by atoms with Crippen molar-refractivity contribution in [3.05, 3.63) is 53.1 Å². The maximum Gasteiger partial charge on any atom is 0.416 e. The number of alkyl halides is 3. The van der Waals surface area contributed by atoms with E-state index in [2.05, 4.69) is 5.32 Å². The van der Waals surface area contributed by atoms with Gasteiger partial charge in [-0.3, -0.25) is 0 Å². The fourth-order valence-electron chi connectivity index (χ4n) is 2.79. The number of anilines is 1. The molecule has 0 bridgehead atoms. The fourth-order valence-corrected chi connectivity index (χ4v) is 2.79. The van der Waals surface area contributed by atoms with Crippen LogP contribution in [-0.4, -0.2) is 14.2 Å². The molecule has 23 heavy (non-hydrogen) atoms. The van der Waals surface area contributed by atoms with E-state index < -0.39 is 11.7 Å². The molecule has 0 spiro atoms. The van der Waals surface area contributed by atoms with Gasteiger partial charge < -0.3 is 14.8 Å². The number of ether oxygens (including phenoxy) is 2. The van der Waals surface area contributed by atoms with Crippen molar-refractivity contribution in [3.63, 3.8) is 0 Å². The summed E-state index contributed by atoms with van der Waals surface area (Å²) < 4.78 is 48.9. The topological polar surface area (TPSA) is 30.5 Å². The summed E-state index contributed by atoms with van der Waals surface area (Å²) in [5.74, 6) is 1.21. The van der Waals surface area contributed by atoms with Gasteiger partial charge in [0.15, 0.2) is 11.5 Å². The zero-order chi connectivity index (χ0) is 16.6. The van der Waals surface area contributed by atoms with Gasteiger partial charge in [0.1, 0.15) is 0 Å². The number of nitrogens with one attached hydrogen (secondary N) is 1. The summed E-state index contributed by atoms with van der Waals surface area (Å²) >= 11 is 0. The van der Waals surface area contributed by atoms with Crippen molar-refractivity contribution in [2.24, 2.45) is 0 Å². The van der Waals surface area contributed by atoms with Gasteiger partial charge in [0.05, 0.1) is 25.8 Å². The third-order valence-corrected chi connectivity index (χ3v) is 4.00. The summed E-state index contributed by atoms with van der Waals surface area (Å²) in [6.45, 7) is 0. The van der Waals surface area contributed by atoms with E-state index in [-0.39, 0.29) is 6.04 Å². The second kappa shape index (κ2) is 5.68. The van der Waals surface area contributed by atoms with Crippen LogP contribution < -0.4 is 14.8 Å². The molecule has 1 N–H and O–H groups in total. The molecule has 3 nitrogen and oxygen atoms in total. The lowest BCUT2D eigenvalue weighted by molar-refractivity contribution is -0.137. The largest absolute Gasteiger partial charge is 0.493 e. The van der Waals surface area contributed by atoms with E-state index in [9.17, 15) is 13.2 Å². The van der Waals surface area contributed by atoms with Crippen LogP contribution in [0.1, 0.15) is 22.7 Å². The summed E-state index contributed by atoms with van der Waals surface area (Å²) in [5, 5.41) is 3.16. The van der Waals surface area contributed by atoms with Crippen molar-refractivity contribution >= 4 is 5.69 Å². The molecule has 1 atom stereocenters. The lowest BCUT2D eigenvalue weighted by Crippen LogP contribution is -2.07. The number of hydrogen-bond acceptors (Lipinski definition) is 3. The highest BCUT2D eigenvalue weighted by Crippen LogP contribution is 2.40. The minimum atomic E-state index is -4.34. The molecule has 3 rings (SSSR count). The summed E-state index contributed by atoms with van der Waals surface area (Å²) in [7, 11) is 3.11. The Kier molecular flexibility index (Phi) is 3.83. The molecule has 2 aromatic rings. The van der Waals surface area contributed by atoms with Crippen molar-refractivity contribution in [1.29, 1.82) is 0 Å². The fraction of sp³-hybridized carbons (Fsp3) is 0.294. The molecule has 0 aromatic heterocycles. The zero-order valence-corrected chi connectivity index (χ0v) is 12.7. The molecule has 0 amide bonds. The van der Waals surface area contributed by atoms with E-state index >= 15 is 0 Å². The molecule has 0 radical (unpaired) electrons. The molecule has 0 aliphatic carbocycles. The Balaban J connectivity index is 1.87. The Bertz CT molecular complexity index is 728. The molecular weight excluding hydrogens is 307 g/mol. The van der Waals surface area contributed by atoms with Crippen molar-refractivity contribution in [2.75, 3.05) is 19.5 Å². The average Bonchev–Trinajstić information content (AvgIpc) is 2.96. The first-order valence-electron chi connectivity index (χ1n) is 7.11. The van der Waals surface area contributed by atoms with Crippen LogP contribution >= 0.6 is 0 Å². The summed E-state index contributed by atoms with van der Waals surface area (Å²) in [6.07, 6.45) is -3.71. The number of halogens is 3. The molecule has 0 saturated carbocycles. The van der Waals surface area contributed by atoms with Crippen LogP contribution in [0.4, 0.5) is 18.9 Å². The van der Waals surface area contributed by atoms with Crippen LogP contribution in [0.25, 0.3) is 0 Å². The minimum Gasteiger partial charge on any atom is -0.493 e. The van der Waals surface area contributed by atoms with E-state index in [1.54, 1.807) is 20.3 Å². The molecule has 0 saturated heterocycles. The van der Waals surface area contributed by atoms with E-state index in [1.165, 1.54) is 6.07 Å². The molecule has 1 aliphatic rings. The third-order valence-electron chi connectivity index (χ3n) is 4.00. The van der Waals surface area contributed by atoms with Crippen LogP contribution in [0.3, 0.4) is 0 Å². The smallest absolute Gasteiger partial charge is 0.416 e. The highest BCUT2D eigenvalue weighted by Gasteiger charge is 2.32. The van der Waals surface area contributed by atoms with Gasteiger partial charge >= 0.3 is 6.18 Å². The first-order chi connectivity index (χ1) is 10.9. The van der Waals surface area contributed by atoms with Crippen LogP contribution in [-0.2, 0) is 12.6 Å². The van der Waals surface area contributed by atoms with Crippen molar-refractivity contribution in [3.8, 4) is 11.5 Å². The predicted molar refractivity (Wildman–Crippen MR) is 81.1 cm³/mol. The molecule has 1 unspecified atom stereocenters.